The van der Waals surface area contributed by atoms with E-state index in [2.05, 4.69) is 37.4 Å². The van der Waals surface area contributed by atoms with E-state index in [0.717, 1.165) is 5.92 Å². The Morgan fingerprint density at radius 2 is 1.59 bits per heavy atom. The number of hydrogen-bond acceptors (Lipinski definition) is 3. The van der Waals surface area contributed by atoms with E-state index in [4.69, 9.17) is 0 Å². The predicted molar refractivity (Wildman–Crippen MR) is 93.9 cm³/mol. The molecule has 22 heavy (non-hydrogen) atoms. The Balaban J connectivity index is -0.000000432. The molecule has 0 fully saturated rings. The smallest absolute Gasteiger partial charge is 0.407 e. The topological polar surface area (TPSA) is 58.6 Å². The van der Waals surface area contributed by atoms with Crippen molar-refractivity contribution in [2.45, 2.75) is 54.5 Å². The van der Waals surface area contributed by atoms with Gasteiger partial charge in [-0.05, 0) is 25.7 Å². The van der Waals surface area contributed by atoms with Gasteiger partial charge in [0.05, 0.1) is 7.11 Å². The normalized spacial score (nSPS) is 10.5. The maximum absolute atomic E-state index is 11.8. The van der Waals surface area contributed by atoms with Crippen molar-refractivity contribution in [2.24, 2.45) is 11.8 Å². The number of likely N-dealkylation sites (N-methyl/N-ethyl adjacent to an activating group) is 1. The molecule has 0 aromatic rings. The quantitative estimate of drug-likeness (QED) is 0.805. The van der Waals surface area contributed by atoms with Crippen LogP contribution in [0.1, 0.15) is 48.5 Å². The molecule has 0 saturated carbocycles. The third kappa shape index (κ3) is 16.5. The van der Waals surface area contributed by atoms with Crippen molar-refractivity contribution >= 4 is 12.0 Å². The Labute approximate surface area is 137 Å². The van der Waals surface area contributed by atoms with Crippen molar-refractivity contribution < 1.29 is 14.3 Å². The maximum atomic E-state index is 11.8. The molecule has 5 nitrogen and oxygen atoms in total. The monoisotopic (exact) mass is 316 g/mol. The molecular formula is C17H36N2O3. The Bertz CT molecular complexity index is 300. The van der Waals surface area contributed by atoms with E-state index < -0.39 is 12.1 Å². The SMILES string of the molecule is C=CC.CC(C)C.CCN(C)C(=O)C(NC(=O)OC)C(C)C. The predicted octanol–water partition coefficient (Wildman–Crippen LogP) is 3.70. The van der Waals surface area contributed by atoms with Gasteiger partial charge in [0.25, 0.3) is 0 Å². The fraction of sp³-hybridized carbons (Fsp3) is 0.765. The number of amides is 2. The number of carbonyl (C=O) groups is 2. The minimum atomic E-state index is -0.577. The Morgan fingerprint density at radius 3 is 1.82 bits per heavy atom. The minimum Gasteiger partial charge on any atom is -0.453 e. The highest BCUT2D eigenvalue weighted by molar-refractivity contribution is 5.85. The van der Waals surface area contributed by atoms with Crippen LogP contribution in [0.2, 0.25) is 0 Å². The second-order valence-electron chi connectivity index (χ2n) is 5.85. The third-order valence-electron chi connectivity index (χ3n) is 2.24. The van der Waals surface area contributed by atoms with Crippen LogP contribution >= 0.6 is 0 Å². The van der Waals surface area contributed by atoms with Gasteiger partial charge in [0.2, 0.25) is 5.91 Å². The summed E-state index contributed by atoms with van der Waals surface area (Å²) in [6.07, 6.45) is 1.17. The van der Waals surface area contributed by atoms with Gasteiger partial charge < -0.3 is 15.0 Å². The Hall–Kier alpha value is -1.52. The molecule has 1 N–H and O–H groups in total. The van der Waals surface area contributed by atoms with Crippen LogP contribution < -0.4 is 5.32 Å². The number of nitrogens with one attached hydrogen (secondary N) is 1. The van der Waals surface area contributed by atoms with E-state index in [1.54, 1.807) is 18.0 Å². The molecule has 0 aliphatic carbocycles. The molecule has 2 amide bonds. The first-order valence-corrected chi connectivity index (χ1v) is 7.75. The molecule has 0 aromatic carbocycles. The first-order chi connectivity index (χ1) is 10.1. The number of ether oxygens (including phenoxy) is 1. The summed E-state index contributed by atoms with van der Waals surface area (Å²) >= 11 is 0. The molecule has 0 aromatic heterocycles. The van der Waals surface area contributed by atoms with Crippen LogP contribution in [-0.4, -0.2) is 43.6 Å². The summed E-state index contributed by atoms with van der Waals surface area (Å²) < 4.78 is 4.47. The number of nitrogens with zero attached hydrogens (tertiary/aromatic N) is 1. The van der Waals surface area contributed by atoms with Gasteiger partial charge in [-0.2, -0.15) is 0 Å². The number of rotatable bonds is 4. The lowest BCUT2D eigenvalue weighted by Crippen LogP contribution is -2.50. The van der Waals surface area contributed by atoms with Crippen LogP contribution in [0.15, 0.2) is 12.7 Å². The summed E-state index contributed by atoms with van der Waals surface area (Å²) in [7, 11) is 2.98. The van der Waals surface area contributed by atoms with Gasteiger partial charge in [-0.15, -0.1) is 6.58 Å². The summed E-state index contributed by atoms with van der Waals surface area (Å²) in [6, 6.07) is -0.526. The standard InChI is InChI=1S/C10H20N2O3.C4H10.C3H6/c1-6-12(4)9(13)8(7(2)3)11-10(14)15-5;1-4(2)3;1-3-2/h7-8H,6H2,1-5H3,(H,11,14);4H,1-3H3;3H,1H2,2H3. The highest BCUT2D eigenvalue weighted by atomic mass is 16.5. The zero-order valence-corrected chi connectivity index (χ0v) is 15.9. The van der Waals surface area contributed by atoms with Crippen LogP contribution in [0.25, 0.3) is 0 Å². The zero-order chi connectivity index (χ0) is 18.3. The van der Waals surface area contributed by atoms with Crippen LogP contribution in [-0.2, 0) is 9.53 Å². The Morgan fingerprint density at radius 1 is 1.23 bits per heavy atom. The maximum Gasteiger partial charge on any atom is 0.407 e. The molecule has 0 aliphatic heterocycles. The van der Waals surface area contributed by atoms with Crippen molar-refractivity contribution in [1.29, 1.82) is 0 Å². The number of methoxy groups -OCH3 is 1. The molecule has 132 valence electrons. The molecule has 1 unspecified atom stereocenters. The van der Waals surface area contributed by atoms with E-state index in [9.17, 15) is 9.59 Å². The van der Waals surface area contributed by atoms with Crippen molar-refractivity contribution in [2.75, 3.05) is 20.7 Å². The van der Waals surface area contributed by atoms with Gasteiger partial charge in [0.15, 0.2) is 0 Å². The highest BCUT2D eigenvalue weighted by Crippen LogP contribution is 2.05. The Kier molecular flexibility index (Phi) is 18.3. The average molecular weight is 316 g/mol. The molecule has 0 bridgehead atoms. The average Bonchev–Trinajstić information content (AvgIpc) is 2.42. The van der Waals surface area contributed by atoms with E-state index >= 15 is 0 Å². The molecule has 0 heterocycles. The fourth-order valence-corrected chi connectivity index (χ4v) is 1.09. The molecule has 1 atom stereocenters. The van der Waals surface area contributed by atoms with Crippen LogP contribution in [0.4, 0.5) is 4.79 Å². The van der Waals surface area contributed by atoms with E-state index in [0.29, 0.717) is 6.54 Å². The molecule has 0 radical (unpaired) electrons. The number of alkyl carbamates (subject to hydrolysis) is 1. The van der Waals surface area contributed by atoms with Crippen molar-refractivity contribution in [3.05, 3.63) is 12.7 Å². The molecule has 0 saturated heterocycles. The lowest BCUT2D eigenvalue weighted by molar-refractivity contribution is -0.132. The van der Waals surface area contributed by atoms with Gasteiger partial charge in [-0.25, -0.2) is 4.79 Å². The van der Waals surface area contributed by atoms with Crippen LogP contribution in [0.5, 0.6) is 0 Å². The van der Waals surface area contributed by atoms with Gasteiger partial charge >= 0.3 is 6.09 Å². The fourth-order valence-electron chi connectivity index (χ4n) is 1.09. The van der Waals surface area contributed by atoms with Gasteiger partial charge in [0, 0.05) is 13.6 Å². The van der Waals surface area contributed by atoms with Crippen molar-refractivity contribution in [3.8, 4) is 0 Å². The first-order valence-electron chi connectivity index (χ1n) is 7.75. The van der Waals surface area contributed by atoms with Gasteiger partial charge in [-0.1, -0.05) is 40.7 Å². The largest absolute Gasteiger partial charge is 0.453 e. The van der Waals surface area contributed by atoms with Crippen LogP contribution in [0.3, 0.4) is 0 Å². The van der Waals surface area contributed by atoms with Crippen LogP contribution in [0, 0.1) is 11.8 Å². The first kappa shape index (κ1) is 25.4. The van der Waals surface area contributed by atoms with Gasteiger partial charge in [0.1, 0.15) is 6.04 Å². The second kappa shape index (κ2) is 15.9. The lowest BCUT2D eigenvalue weighted by Gasteiger charge is -2.25. The van der Waals surface area contributed by atoms with E-state index in [-0.39, 0.29) is 11.8 Å². The van der Waals surface area contributed by atoms with E-state index in [1.807, 2.05) is 27.7 Å². The molecule has 0 aliphatic rings. The van der Waals surface area contributed by atoms with E-state index in [1.165, 1.54) is 7.11 Å². The molecule has 0 spiro atoms. The highest BCUT2D eigenvalue weighted by Gasteiger charge is 2.26. The third-order valence-corrected chi connectivity index (χ3v) is 2.24. The van der Waals surface area contributed by atoms with Gasteiger partial charge in [-0.3, -0.25) is 4.79 Å². The number of carbonyl (C=O) groups excluding carboxylic acids is 2. The number of hydrogen-bond donors (Lipinski definition) is 1. The number of allylic oxidation sites excluding steroid dienone is 1. The zero-order valence-electron chi connectivity index (χ0n) is 15.9. The second-order valence-corrected chi connectivity index (χ2v) is 5.85. The van der Waals surface area contributed by atoms with Crippen molar-refractivity contribution in [3.63, 3.8) is 0 Å². The summed E-state index contributed by atoms with van der Waals surface area (Å²) in [5, 5.41) is 2.53. The minimum absolute atomic E-state index is 0.0330. The lowest BCUT2D eigenvalue weighted by atomic mass is 10.0. The van der Waals surface area contributed by atoms with Crippen molar-refractivity contribution in [1.82, 2.24) is 10.2 Å². The molecule has 0 rings (SSSR count). The summed E-state index contributed by atoms with van der Waals surface area (Å²) in [6.45, 7) is 18.0. The molecule has 5 heteroatoms. The molecular weight excluding hydrogens is 280 g/mol. The summed E-state index contributed by atoms with van der Waals surface area (Å²) in [5.74, 6) is 0.767. The summed E-state index contributed by atoms with van der Waals surface area (Å²) in [4.78, 5) is 24.4. The summed E-state index contributed by atoms with van der Waals surface area (Å²) in [5.41, 5.74) is 0.